The van der Waals surface area contributed by atoms with Crippen LogP contribution in [0, 0.1) is 0 Å². The third-order valence-electron chi connectivity index (χ3n) is 3.90. The van der Waals surface area contributed by atoms with Crippen LogP contribution in [0.25, 0.3) is 0 Å². The summed E-state index contributed by atoms with van der Waals surface area (Å²) in [6.07, 6.45) is 1.44. The fourth-order valence-corrected chi connectivity index (χ4v) is 5.86. The Bertz CT molecular complexity index is 376. The van der Waals surface area contributed by atoms with Crippen molar-refractivity contribution in [2.45, 2.75) is 64.6 Å². The van der Waals surface area contributed by atoms with Gasteiger partial charge in [0.25, 0.3) is 0 Å². The van der Waals surface area contributed by atoms with Crippen molar-refractivity contribution >= 4 is 15.6 Å². The van der Waals surface area contributed by atoms with Gasteiger partial charge in [-0.25, -0.2) is 9.13 Å². The summed E-state index contributed by atoms with van der Waals surface area (Å²) in [6.45, 7) is 7.11. The van der Waals surface area contributed by atoms with Gasteiger partial charge in [-0.1, -0.05) is 27.7 Å². The summed E-state index contributed by atoms with van der Waals surface area (Å²) in [5.41, 5.74) is -2.29. The first-order valence-corrected chi connectivity index (χ1v) is 9.39. The Morgan fingerprint density at radius 3 is 1.26 bits per heavy atom. The first-order chi connectivity index (χ1) is 8.61. The summed E-state index contributed by atoms with van der Waals surface area (Å²) in [6, 6.07) is 0. The van der Waals surface area contributed by atoms with Crippen molar-refractivity contribution < 1.29 is 32.3 Å². The van der Waals surface area contributed by atoms with Crippen LogP contribution >= 0.6 is 15.6 Å². The molecule has 0 radical (unpaired) electrons. The lowest BCUT2D eigenvalue weighted by Crippen LogP contribution is -2.54. The van der Waals surface area contributed by atoms with E-state index in [9.17, 15) is 18.9 Å². The lowest BCUT2D eigenvalue weighted by atomic mass is 9.75. The fraction of sp³-hybridized carbons (Fsp3) is 1.00. The molecule has 0 aromatic carbocycles. The van der Waals surface area contributed by atoms with Crippen LogP contribution in [0.3, 0.4) is 0 Å². The molecule has 1 aliphatic rings. The molecule has 2 atom stereocenters. The van der Waals surface area contributed by atoms with Crippen LogP contribution in [-0.2, 0) is 22.5 Å². The van der Waals surface area contributed by atoms with Gasteiger partial charge in [0.2, 0.25) is 0 Å². The summed E-state index contributed by atoms with van der Waals surface area (Å²) >= 11 is 0. The summed E-state index contributed by atoms with van der Waals surface area (Å²) in [4.78, 5) is 19.2. The first kappa shape index (κ1) is 17.3. The summed E-state index contributed by atoms with van der Waals surface area (Å²) < 4.78 is 38.4. The van der Waals surface area contributed by atoms with E-state index in [4.69, 9.17) is 9.05 Å². The molecule has 1 heterocycles. The van der Waals surface area contributed by atoms with Crippen molar-refractivity contribution in [1.29, 1.82) is 0 Å². The summed E-state index contributed by atoms with van der Waals surface area (Å²) in [5.74, 6) is 0. The largest absolute Gasteiger partial charge is 0.481 e. The Balaban J connectivity index is 3.47. The van der Waals surface area contributed by atoms with E-state index in [1.807, 2.05) is 0 Å². The summed E-state index contributed by atoms with van der Waals surface area (Å²) in [7, 11) is -9.30. The zero-order chi connectivity index (χ0) is 14.9. The topological polar surface area (TPSA) is 102 Å². The molecule has 19 heavy (non-hydrogen) atoms. The minimum atomic E-state index is -4.65. The highest BCUT2D eigenvalue weighted by Crippen LogP contribution is 2.70. The molecule has 1 fully saturated rings. The second kappa shape index (κ2) is 5.57. The van der Waals surface area contributed by atoms with Crippen molar-refractivity contribution in [1.82, 2.24) is 0 Å². The molecule has 7 nitrogen and oxygen atoms in total. The maximum Gasteiger partial charge on any atom is 0.481 e. The molecule has 0 aliphatic carbocycles. The average molecular weight is 316 g/mol. The summed E-state index contributed by atoms with van der Waals surface area (Å²) in [5, 5.41) is 0. The van der Waals surface area contributed by atoms with Gasteiger partial charge in [0.1, 0.15) is 11.2 Å². The number of rotatable bonds is 4. The Labute approximate surface area is 113 Å². The molecule has 0 aromatic rings. The van der Waals surface area contributed by atoms with Gasteiger partial charge in [-0.2, -0.15) is 4.31 Å². The lowest BCUT2D eigenvalue weighted by molar-refractivity contribution is -0.128. The monoisotopic (exact) mass is 316 g/mol. The molecule has 1 saturated heterocycles. The van der Waals surface area contributed by atoms with Crippen LogP contribution in [0.5, 0.6) is 0 Å². The molecular formula is C10H22O7P2. The normalized spacial score (nSPS) is 37.8. The Kier molecular flexibility index (Phi) is 5.07. The molecule has 1 aliphatic heterocycles. The average Bonchev–Trinajstić information content (AvgIpc) is 2.38. The zero-order valence-electron chi connectivity index (χ0n) is 11.7. The molecule has 2 N–H and O–H groups in total. The molecule has 2 unspecified atom stereocenters. The van der Waals surface area contributed by atoms with Gasteiger partial charge < -0.3 is 9.79 Å². The van der Waals surface area contributed by atoms with Crippen LogP contribution < -0.4 is 0 Å². The fourth-order valence-electron chi connectivity index (χ4n) is 2.82. The maximum absolute atomic E-state index is 11.8. The number of hydrogen-bond donors (Lipinski definition) is 2. The minimum absolute atomic E-state index is 0.360. The van der Waals surface area contributed by atoms with Crippen LogP contribution in [0.4, 0.5) is 0 Å². The predicted octanol–water partition coefficient (Wildman–Crippen LogP) is 3.37. The van der Waals surface area contributed by atoms with Crippen molar-refractivity contribution in [3.05, 3.63) is 0 Å². The van der Waals surface area contributed by atoms with Crippen molar-refractivity contribution in [2.75, 3.05) is 0 Å². The highest BCUT2D eigenvalue weighted by Gasteiger charge is 2.60. The van der Waals surface area contributed by atoms with Gasteiger partial charge in [0.05, 0.1) is 0 Å². The van der Waals surface area contributed by atoms with Gasteiger partial charge in [0, 0.05) is 0 Å². The SMILES string of the molecule is CCC1(CC)OP(=O)(O)OP(=O)(O)OC1(CC)CC. The van der Waals surface area contributed by atoms with E-state index in [1.54, 1.807) is 27.7 Å². The van der Waals surface area contributed by atoms with Crippen molar-refractivity contribution in [3.8, 4) is 0 Å². The molecule has 114 valence electrons. The Hall–Kier alpha value is 0.260. The van der Waals surface area contributed by atoms with E-state index < -0.39 is 26.8 Å². The lowest BCUT2D eigenvalue weighted by Gasteiger charge is -2.46. The van der Waals surface area contributed by atoms with Gasteiger partial charge in [0.15, 0.2) is 0 Å². The maximum atomic E-state index is 11.8. The Morgan fingerprint density at radius 1 is 0.789 bits per heavy atom. The van der Waals surface area contributed by atoms with E-state index in [-0.39, 0.29) is 0 Å². The molecule has 0 spiro atoms. The van der Waals surface area contributed by atoms with Gasteiger partial charge in [-0.05, 0) is 25.7 Å². The number of phosphoric ester groups is 2. The minimum Gasteiger partial charge on any atom is -0.302 e. The molecule has 0 bridgehead atoms. The standard InChI is InChI=1S/C10H22O7P2/c1-5-9(6-2)10(7-3,8-4)16-19(13,14)17-18(11,12)15-9/h5-8H2,1-4H3,(H,11,12)(H,13,14). The highest BCUT2D eigenvalue weighted by molar-refractivity contribution is 7.61. The number of hydrogen-bond acceptors (Lipinski definition) is 5. The first-order valence-electron chi connectivity index (χ1n) is 6.40. The van der Waals surface area contributed by atoms with E-state index in [1.165, 1.54) is 0 Å². The van der Waals surface area contributed by atoms with Gasteiger partial charge in [-0.3, -0.25) is 9.05 Å². The van der Waals surface area contributed by atoms with Crippen LogP contribution in [-0.4, -0.2) is 21.0 Å². The number of phosphoric acid groups is 2. The van der Waals surface area contributed by atoms with E-state index in [0.29, 0.717) is 25.7 Å². The molecule has 1 rings (SSSR count). The second-order valence-corrected chi connectivity index (χ2v) is 7.50. The smallest absolute Gasteiger partial charge is 0.302 e. The van der Waals surface area contributed by atoms with Crippen molar-refractivity contribution in [3.63, 3.8) is 0 Å². The van der Waals surface area contributed by atoms with Crippen molar-refractivity contribution in [2.24, 2.45) is 0 Å². The molecule has 0 aromatic heterocycles. The van der Waals surface area contributed by atoms with E-state index >= 15 is 0 Å². The predicted molar refractivity (Wildman–Crippen MR) is 69.5 cm³/mol. The van der Waals surface area contributed by atoms with Crippen LogP contribution in [0.1, 0.15) is 53.4 Å². The molecule has 9 heteroatoms. The zero-order valence-corrected chi connectivity index (χ0v) is 13.4. The van der Waals surface area contributed by atoms with E-state index in [0.717, 1.165) is 0 Å². The molecular weight excluding hydrogens is 294 g/mol. The molecule has 0 amide bonds. The van der Waals surface area contributed by atoms with Crippen LogP contribution in [0.2, 0.25) is 0 Å². The second-order valence-electron chi connectivity index (χ2n) is 4.60. The molecule has 0 saturated carbocycles. The van der Waals surface area contributed by atoms with Crippen LogP contribution in [0.15, 0.2) is 0 Å². The third kappa shape index (κ3) is 3.13. The third-order valence-corrected chi connectivity index (χ3v) is 6.71. The van der Waals surface area contributed by atoms with E-state index in [2.05, 4.69) is 4.31 Å². The highest BCUT2D eigenvalue weighted by atomic mass is 31.3. The quantitative estimate of drug-likeness (QED) is 0.766. The van der Waals surface area contributed by atoms with Gasteiger partial charge >= 0.3 is 15.6 Å². The Morgan fingerprint density at radius 2 is 1.05 bits per heavy atom. The van der Waals surface area contributed by atoms with Gasteiger partial charge in [-0.15, -0.1) is 0 Å².